The third-order valence-electron chi connectivity index (χ3n) is 0.896. The molecule has 0 bridgehead atoms. The van der Waals surface area contributed by atoms with Crippen molar-refractivity contribution in [3.63, 3.8) is 0 Å². The number of hydrogen-bond acceptors (Lipinski definition) is 2. The van der Waals surface area contributed by atoms with Crippen LogP contribution < -0.4 is 10.6 Å². The highest BCUT2D eigenvalue weighted by Crippen LogP contribution is 1.65. The van der Waals surface area contributed by atoms with Gasteiger partial charge < -0.3 is 10.6 Å². The molecule has 2 N–H and O–H groups in total. The topological polar surface area (TPSA) is 58.2 Å². The van der Waals surface area contributed by atoms with Crippen LogP contribution >= 0.6 is 0 Å². The lowest BCUT2D eigenvalue weighted by atomic mass is 10.5. The van der Waals surface area contributed by atoms with Gasteiger partial charge in [-0.05, 0) is 12.2 Å². The van der Waals surface area contributed by atoms with Crippen molar-refractivity contribution in [3.05, 3.63) is 25.3 Å². The van der Waals surface area contributed by atoms with E-state index in [-0.39, 0.29) is 40.8 Å². The fourth-order valence-corrected chi connectivity index (χ4v) is 0.363. The highest BCUT2D eigenvalue weighted by atomic mass is 16.2. The first-order chi connectivity index (χ1) is 5.20. The van der Waals surface area contributed by atoms with Crippen LogP contribution in [0.15, 0.2) is 25.3 Å². The Bertz CT molecular complexity index is 169. The lowest BCUT2D eigenvalue weighted by Crippen LogP contribution is -2.35. The molecule has 14 heavy (non-hydrogen) atoms. The van der Waals surface area contributed by atoms with Crippen molar-refractivity contribution >= 4 is 11.8 Å². The van der Waals surface area contributed by atoms with Gasteiger partial charge in [0, 0.05) is 0 Å². The van der Waals surface area contributed by atoms with Crippen LogP contribution in [0, 0.1) is 0 Å². The van der Waals surface area contributed by atoms with Gasteiger partial charge in [-0.25, -0.2) is 0 Å². The third-order valence-corrected chi connectivity index (χ3v) is 0.896. The van der Waals surface area contributed by atoms with Crippen molar-refractivity contribution in [1.82, 2.24) is 10.6 Å². The minimum Gasteiger partial charge on any atom is -0.335 e. The zero-order valence-corrected chi connectivity index (χ0v) is 6.09. The van der Waals surface area contributed by atoms with Gasteiger partial charge >= 0.3 is 0 Å². The first-order valence-electron chi connectivity index (χ1n) is 3.01. The van der Waals surface area contributed by atoms with E-state index in [0.29, 0.717) is 0 Å². The number of carbonyl (C=O) groups is 2. The van der Waals surface area contributed by atoms with Crippen molar-refractivity contribution in [3.8, 4) is 0 Å². The third kappa shape index (κ3) is 13.0. The lowest BCUT2D eigenvalue weighted by Gasteiger charge is -2.01. The van der Waals surface area contributed by atoms with Gasteiger partial charge in [0.1, 0.15) is 0 Å². The van der Waals surface area contributed by atoms with E-state index in [1.54, 1.807) is 0 Å². The molecular formula is C10H22N2O2. The van der Waals surface area contributed by atoms with Gasteiger partial charge in [0.05, 0.1) is 6.67 Å². The molecule has 84 valence electrons. The molecule has 2 amide bonds. The van der Waals surface area contributed by atoms with Crippen LogP contribution in [-0.4, -0.2) is 18.5 Å². The van der Waals surface area contributed by atoms with E-state index >= 15 is 0 Å². The Morgan fingerprint density at radius 3 is 1.43 bits per heavy atom. The van der Waals surface area contributed by atoms with Gasteiger partial charge in [-0.3, -0.25) is 9.59 Å². The number of nitrogens with one attached hydrogen (secondary N) is 2. The second-order valence-corrected chi connectivity index (χ2v) is 1.67. The zero-order valence-electron chi connectivity index (χ0n) is 6.09. The standard InChI is InChI=1S/C7H10N2O2.3CH4/c1-3-6(10)8-5-9-7(11)4-2;;;/h3-4H,1-2,5H2,(H,8,10)(H,9,11);3*1H4. The predicted molar refractivity (Wildman–Crippen MR) is 61.7 cm³/mol. The van der Waals surface area contributed by atoms with Crippen molar-refractivity contribution < 1.29 is 9.59 Å². The molecule has 0 fully saturated rings. The molecule has 0 radical (unpaired) electrons. The van der Waals surface area contributed by atoms with Gasteiger partial charge in [-0.15, -0.1) is 0 Å². The summed E-state index contributed by atoms with van der Waals surface area (Å²) in [6, 6.07) is 0. The molecule has 0 spiro atoms. The minimum atomic E-state index is -0.325. The lowest BCUT2D eigenvalue weighted by molar-refractivity contribution is -0.118. The smallest absolute Gasteiger partial charge is 0.244 e. The summed E-state index contributed by atoms with van der Waals surface area (Å²) in [5, 5.41) is 4.72. The largest absolute Gasteiger partial charge is 0.335 e. The maximum absolute atomic E-state index is 10.5. The fraction of sp³-hybridized carbons (Fsp3) is 0.400. The Labute approximate surface area is 87.1 Å². The van der Waals surface area contributed by atoms with E-state index in [4.69, 9.17) is 0 Å². The molecule has 4 heteroatoms. The summed E-state index contributed by atoms with van der Waals surface area (Å²) in [5.41, 5.74) is 0. The molecule has 0 aromatic heterocycles. The second kappa shape index (κ2) is 14.0. The van der Waals surface area contributed by atoms with Crippen LogP contribution in [0.5, 0.6) is 0 Å². The number of carbonyl (C=O) groups excluding carboxylic acids is 2. The number of hydrogen-bond donors (Lipinski definition) is 2. The molecule has 0 atom stereocenters. The molecule has 0 unspecified atom stereocenters. The van der Waals surface area contributed by atoms with Crippen molar-refractivity contribution in [2.45, 2.75) is 22.3 Å². The maximum Gasteiger partial charge on any atom is 0.244 e. The molecule has 0 heterocycles. The van der Waals surface area contributed by atoms with Gasteiger partial charge in [-0.1, -0.05) is 35.4 Å². The Kier molecular flexibility index (Phi) is 22.8. The molecule has 0 saturated carbocycles. The van der Waals surface area contributed by atoms with E-state index in [1.807, 2.05) is 0 Å². The first kappa shape index (κ1) is 22.8. The average molecular weight is 202 g/mol. The van der Waals surface area contributed by atoms with Crippen LogP contribution in [0.2, 0.25) is 0 Å². The summed E-state index contributed by atoms with van der Waals surface area (Å²) in [6.45, 7) is 6.56. The Morgan fingerprint density at radius 1 is 0.929 bits per heavy atom. The fourth-order valence-electron chi connectivity index (χ4n) is 0.363. The van der Waals surface area contributed by atoms with E-state index in [0.717, 1.165) is 12.2 Å². The Hall–Kier alpha value is -1.58. The second-order valence-electron chi connectivity index (χ2n) is 1.67. The summed E-state index contributed by atoms with van der Waals surface area (Å²) in [4.78, 5) is 21.0. The van der Waals surface area contributed by atoms with E-state index in [1.165, 1.54) is 0 Å². The molecule has 0 aliphatic rings. The maximum atomic E-state index is 10.5. The molecule has 0 aromatic carbocycles. The number of rotatable bonds is 4. The van der Waals surface area contributed by atoms with Crippen LogP contribution in [-0.2, 0) is 9.59 Å². The molecule has 0 aromatic rings. The SMILES string of the molecule is C.C.C.C=CC(=O)NCNC(=O)C=C. The van der Waals surface area contributed by atoms with E-state index in [2.05, 4.69) is 23.8 Å². The van der Waals surface area contributed by atoms with Crippen LogP contribution in [0.1, 0.15) is 22.3 Å². The molecular weight excluding hydrogens is 180 g/mol. The molecule has 0 saturated heterocycles. The molecule has 0 rings (SSSR count). The monoisotopic (exact) mass is 202 g/mol. The molecule has 0 aliphatic carbocycles. The van der Waals surface area contributed by atoms with E-state index < -0.39 is 0 Å². The van der Waals surface area contributed by atoms with Crippen LogP contribution in [0.4, 0.5) is 0 Å². The van der Waals surface area contributed by atoms with E-state index in [9.17, 15) is 9.59 Å². The van der Waals surface area contributed by atoms with Crippen LogP contribution in [0.25, 0.3) is 0 Å². The van der Waals surface area contributed by atoms with Crippen molar-refractivity contribution in [1.29, 1.82) is 0 Å². The van der Waals surface area contributed by atoms with Crippen molar-refractivity contribution in [2.24, 2.45) is 0 Å². The summed E-state index contributed by atoms with van der Waals surface area (Å²) in [6.07, 6.45) is 2.25. The highest BCUT2D eigenvalue weighted by molar-refractivity contribution is 5.89. The first-order valence-corrected chi connectivity index (χ1v) is 3.01. The minimum absolute atomic E-state index is 0. The normalized spacial score (nSPS) is 6.29. The Balaban J connectivity index is -0.000000167. The summed E-state index contributed by atoms with van der Waals surface area (Å²) in [5.74, 6) is -0.649. The summed E-state index contributed by atoms with van der Waals surface area (Å²) < 4.78 is 0. The summed E-state index contributed by atoms with van der Waals surface area (Å²) in [7, 11) is 0. The zero-order chi connectivity index (χ0) is 8.69. The Morgan fingerprint density at radius 2 is 1.21 bits per heavy atom. The highest BCUT2D eigenvalue weighted by Gasteiger charge is 1.93. The van der Waals surface area contributed by atoms with Gasteiger partial charge in [0.15, 0.2) is 0 Å². The van der Waals surface area contributed by atoms with Gasteiger partial charge in [0.2, 0.25) is 11.8 Å². The van der Waals surface area contributed by atoms with Gasteiger partial charge in [-0.2, -0.15) is 0 Å². The van der Waals surface area contributed by atoms with Crippen molar-refractivity contribution in [2.75, 3.05) is 6.67 Å². The quantitative estimate of drug-likeness (QED) is 0.535. The predicted octanol–water partition coefficient (Wildman–Crippen LogP) is 1.46. The average Bonchev–Trinajstić information content (AvgIpc) is 2.04. The summed E-state index contributed by atoms with van der Waals surface area (Å²) >= 11 is 0. The van der Waals surface area contributed by atoms with Gasteiger partial charge in [0.25, 0.3) is 0 Å². The molecule has 4 nitrogen and oxygen atoms in total. The van der Waals surface area contributed by atoms with Crippen LogP contribution in [0.3, 0.4) is 0 Å². The number of amides is 2. The molecule has 0 aliphatic heterocycles.